The largest absolute Gasteiger partial charge is 0.492 e. The number of carbonyl (C=O) groups is 2. The monoisotopic (exact) mass is 461 g/mol. The van der Waals surface area contributed by atoms with Gasteiger partial charge in [0, 0.05) is 17.7 Å². The van der Waals surface area contributed by atoms with Crippen LogP contribution in [0.3, 0.4) is 0 Å². The summed E-state index contributed by atoms with van der Waals surface area (Å²) in [7, 11) is 4.03. The fourth-order valence-electron chi connectivity index (χ4n) is 3.13. The number of ketones is 1. The van der Waals surface area contributed by atoms with Gasteiger partial charge in [0.1, 0.15) is 11.3 Å². The van der Waals surface area contributed by atoms with Gasteiger partial charge in [0.15, 0.2) is 10.9 Å². The number of Topliss-reactive ketones (excluding diaryl/α,β-unsaturated/α-hetero) is 1. The molecule has 31 heavy (non-hydrogen) atoms. The molecule has 0 aliphatic heterocycles. The molecule has 0 N–H and O–H groups in total. The Kier molecular flexibility index (Phi) is 8.98. The van der Waals surface area contributed by atoms with Gasteiger partial charge in [-0.2, -0.15) is 0 Å². The average Bonchev–Trinajstić information content (AvgIpc) is 3.16. The van der Waals surface area contributed by atoms with Gasteiger partial charge in [0.2, 0.25) is 0 Å². The second kappa shape index (κ2) is 11.2. The van der Waals surface area contributed by atoms with E-state index >= 15 is 0 Å². The van der Waals surface area contributed by atoms with Crippen LogP contribution in [0, 0.1) is 0 Å². The molecule has 2 aromatic carbocycles. The molecule has 0 radical (unpaired) electrons. The van der Waals surface area contributed by atoms with E-state index in [-0.39, 0.29) is 24.1 Å². The van der Waals surface area contributed by atoms with Crippen molar-refractivity contribution in [3.63, 3.8) is 0 Å². The predicted octanol–water partition coefficient (Wildman–Crippen LogP) is 4.92. The first-order valence-corrected chi connectivity index (χ1v) is 10.8. The topological polar surface area (TPSA) is 62.7 Å². The Morgan fingerprint density at radius 3 is 2.32 bits per heavy atom. The molecule has 0 saturated heterocycles. The van der Waals surface area contributed by atoms with E-state index in [1.165, 1.54) is 18.3 Å². The number of amides is 1. The zero-order chi connectivity index (χ0) is 21.7. The highest BCUT2D eigenvalue weighted by molar-refractivity contribution is 7.22. The summed E-state index contributed by atoms with van der Waals surface area (Å²) in [6.45, 7) is 5.42. The third kappa shape index (κ3) is 6.03. The van der Waals surface area contributed by atoms with Crippen LogP contribution in [0.1, 0.15) is 41.0 Å². The lowest BCUT2D eigenvalue weighted by atomic mass is 10.1. The molecule has 0 bridgehead atoms. The molecule has 1 aromatic heterocycles. The molecule has 0 fully saturated rings. The number of para-hydroxylation sites is 1. The van der Waals surface area contributed by atoms with Gasteiger partial charge in [-0.15, -0.1) is 12.4 Å². The highest BCUT2D eigenvalue weighted by atomic mass is 35.5. The van der Waals surface area contributed by atoms with E-state index in [2.05, 4.69) is 4.90 Å². The SMILES string of the molecule is CCOc1cccc2sc(N(CCCN(C)C)C(=O)c3ccc(C(C)=O)cc3)nc12.Cl. The van der Waals surface area contributed by atoms with Gasteiger partial charge in [-0.3, -0.25) is 14.5 Å². The van der Waals surface area contributed by atoms with Crippen molar-refractivity contribution in [3.8, 4) is 5.75 Å². The lowest BCUT2D eigenvalue weighted by Gasteiger charge is -2.21. The van der Waals surface area contributed by atoms with Crippen molar-refractivity contribution in [1.82, 2.24) is 9.88 Å². The van der Waals surface area contributed by atoms with Crippen molar-refractivity contribution in [2.24, 2.45) is 0 Å². The summed E-state index contributed by atoms with van der Waals surface area (Å²) in [4.78, 5) is 33.5. The van der Waals surface area contributed by atoms with Gasteiger partial charge in [0.25, 0.3) is 5.91 Å². The number of nitrogens with zero attached hydrogens (tertiary/aromatic N) is 3. The van der Waals surface area contributed by atoms with Gasteiger partial charge in [0.05, 0.1) is 11.3 Å². The van der Waals surface area contributed by atoms with Crippen molar-refractivity contribution >= 4 is 50.8 Å². The van der Waals surface area contributed by atoms with E-state index in [0.717, 1.165) is 28.9 Å². The first kappa shape index (κ1) is 24.8. The number of ether oxygens (including phenoxy) is 1. The van der Waals surface area contributed by atoms with Crippen LogP contribution in [0.2, 0.25) is 0 Å². The maximum Gasteiger partial charge on any atom is 0.260 e. The first-order chi connectivity index (χ1) is 14.4. The molecule has 8 heteroatoms. The normalized spacial score (nSPS) is 10.7. The minimum atomic E-state index is -0.124. The maximum atomic E-state index is 13.4. The molecule has 0 aliphatic rings. The van der Waals surface area contributed by atoms with E-state index in [4.69, 9.17) is 9.72 Å². The second-order valence-corrected chi connectivity index (χ2v) is 8.29. The molecular weight excluding hydrogens is 434 g/mol. The van der Waals surface area contributed by atoms with Crippen molar-refractivity contribution in [2.45, 2.75) is 20.3 Å². The van der Waals surface area contributed by atoms with Crippen LogP contribution in [0.15, 0.2) is 42.5 Å². The third-order valence-corrected chi connectivity index (χ3v) is 5.72. The quantitative estimate of drug-likeness (QED) is 0.423. The number of hydrogen-bond acceptors (Lipinski definition) is 6. The molecule has 3 rings (SSSR count). The zero-order valence-corrected chi connectivity index (χ0v) is 19.9. The van der Waals surface area contributed by atoms with Crippen LogP contribution in [-0.2, 0) is 0 Å². The number of halogens is 1. The minimum Gasteiger partial charge on any atom is -0.492 e. The highest BCUT2D eigenvalue weighted by Gasteiger charge is 2.22. The Morgan fingerprint density at radius 1 is 1.03 bits per heavy atom. The molecule has 0 saturated carbocycles. The molecule has 166 valence electrons. The van der Waals surface area contributed by atoms with Crippen LogP contribution in [0.5, 0.6) is 5.75 Å². The fourth-order valence-corrected chi connectivity index (χ4v) is 4.14. The fraction of sp³-hybridized carbons (Fsp3) is 0.348. The molecular formula is C23H28ClN3O3S. The van der Waals surface area contributed by atoms with E-state index in [9.17, 15) is 9.59 Å². The standard InChI is InChI=1S/C23H27N3O3S.ClH/c1-5-29-19-8-6-9-20-21(19)24-23(30-20)26(15-7-14-25(3)4)22(28)18-12-10-17(11-13-18)16(2)27;/h6,8-13H,5,7,14-15H2,1-4H3;1H. The van der Waals surface area contributed by atoms with Gasteiger partial charge < -0.3 is 9.64 Å². The van der Waals surface area contributed by atoms with Gasteiger partial charge in [-0.05, 0) is 65.2 Å². The summed E-state index contributed by atoms with van der Waals surface area (Å²) in [6.07, 6.45) is 0.818. The van der Waals surface area contributed by atoms with E-state index in [1.54, 1.807) is 29.2 Å². The summed E-state index contributed by atoms with van der Waals surface area (Å²) >= 11 is 1.48. The number of carbonyl (C=O) groups excluding carboxylic acids is 2. The number of hydrogen-bond donors (Lipinski definition) is 0. The number of rotatable bonds is 9. The highest BCUT2D eigenvalue weighted by Crippen LogP contribution is 2.35. The molecule has 0 unspecified atom stereocenters. The van der Waals surface area contributed by atoms with Gasteiger partial charge >= 0.3 is 0 Å². The van der Waals surface area contributed by atoms with E-state index in [1.807, 2.05) is 39.2 Å². The molecule has 1 amide bonds. The molecule has 1 heterocycles. The Morgan fingerprint density at radius 2 is 1.71 bits per heavy atom. The van der Waals surface area contributed by atoms with Crippen molar-refractivity contribution in [1.29, 1.82) is 0 Å². The van der Waals surface area contributed by atoms with Gasteiger partial charge in [-0.1, -0.05) is 29.5 Å². The molecule has 3 aromatic rings. The van der Waals surface area contributed by atoms with Crippen LogP contribution < -0.4 is 9.64 Å². The van der Waals surface area contributed by atoms with E-state index < -0.39 is 0 Å². The molecule has 0 atom stereocenters. The van der Waals surface area contributed by atoms with Crippen molar-refractivity contribution in [3.05, 3.63) is 53.6 Å². The number of benzene rings is 2. The van der Waals surface area contributed by atoms with Crippen LogP contribution in [-0.4, -0.2) is 55.4 Å². The lowest BCUT2D eigenvalue weighted by Crippen LogP contribution is -2.33. The molecule has 0 aliphatic carbocycles. The number of thiazole rings is 1. The maximum absolute atomic E-state index is 13.4. The zero-order valence-electron chi connectivity index (χ0n) is 18.3. The summed E-state index contributed by atoms with van der Waals surface area (Å²) in [5, 5.41) is 0.650. The number of fused-ring (bicyclic) bond motifs is 1. The summed E-state index contributed by atoms with van der Waals surface area (Å²) < 4.78 is 6.69. The second-order valence-electron chi connectivity index (χ2n) is 7.28. The van der Waals surface area contributed by atoms with Crippen molar-refractivity contribution < 1.29 is 14.3 Å². The van der Waals surface area contributed by atoms with Crippen LogP contribution >= 0.6 is 23.7 Å². The predicted molar refractivity (Wildman–Crippen MR) is 129 cm³/mol. The third-order valence-electron chi connectivity index (χ3n) is 4.67. The number of aromatic nitrogens is 1. The Balaban J connectivity index is 0.00000341. The van der Waals surface area contributed by atoms with E-state index in [0.29, 0.717) is 29.4 Å². The first-order valence-electron chi connectivity index (χ1n) is 10.0. The van der Waals surface area contributed by atoms with Crippen LogP contribution in [0.4, 0.5) is 5.13 Å². The Bertz CT molecular complexity index is 1030. The van der Waals surface area contributed by atoms with Crippen molar-refractivity contribution in [2.75, 3.05) is 38.7 Å². The van der Waals surface area contributed by atoms with Gasteiger partial charge in [-0.25, -0.2) is 4.98 Å². The molecule has 0 spiro atoms. The van der Waals surface area contributed by atoms with Crippen LogP contribution in [0.25, 0.3) is 10.2 Å². The molecule has 6 nitrogen and oxygen atoms in total. The minimum absolute atomic E-state index is 0. The average molecular weight is 462 g/mol. The summed E-state index contributed by atoms with van der Waals surface area (Å²) in [5.41, 5.74) is 1.90. The summed E-state index contributed by atoms with van der Waals surface area (Å²) in [6, 6.07) is 12.6. The Labute approximate surface area is 193 Å². The smallest absolute Gasteiger partial charge is 0.260 e. The summed E-state index contributed by atoms with van der Waals surface area (Å²) in [5.74, 6) is 0.580. The lowest BCUT2D eigenvalue weighted by molar-refractivity contribution is 0.0981. The number of anilines is 1. The Hall–Kier alpha value is -2.48.